The molecule has 0 aliphatic rings. The Morgan fingerprint density at radius 3 is 1.16 bits per heavy atom. The van der Waals surface area contributed by atoms with Crippen molar-refractivity contribution >= 4 is 12.3 Å². The molecule has 0 amide bonds. The number of allylic oxidation sites excluding steroid dienone is 6. The molecule has 0 aliphatic heterocycles. The van der Waals surface area contributed by atoms with Gasteiger partial charge in [0.05, 0.1) is 13.2 Å². The Balaban J connectivity index is 3.27. The van der Waals surface area contributed by atoms with Gasteiger partial charge in [-0.25, -0.2) is 9.59 Å². The third kappa shape index (κ3) is 27.8. The van der Waals surface area contributed by atoms with Crippen LogP contribution in [0.15, 0.2) is 36.5 Å². The molecule has 0 aromatic heterocycles. The van der Waals surface area contributed by atoms with E-state index in [0.29, 0.717) is 13.2 Å². The molecule has 32 heavy (non-hydrogen) atoms. The summed E-state index contributed by atoms with van der Waals surface area (Å²) in [5.41, 5.74) is 0. The molecule has 6 nitrogen and oxygen atoms in total. The van der Waals surface area contributed by atoms with Gasteiger partial charge in [0.15, 0.2) is 0 Å². The quantitative estimate of drug-likeness (QED) is 0.0975. The Kier molecular flexibility index (Phi) is 23.3. The van der Waals surface area contributed by atoms with Crippen LogP contribution in [0.5, 0.6) is 0 Å². The van der Waals surface area contributed by atoms with Crippen LogP contribution in [0.1, 0.15) is 103 Å². The first kappa shape index (κ1) is 29.8. The summed E-state index contributed by atoms with van der Waals surface area (Å²) >= 11 is 0. The normalized spacial score (nSPS) is 11.6. The molecule has 0 radical (unpaired) electrons. The largest absolute Gasteiger partial charge is 0.505 e. The summed E-state index contributed by atoms with van der Waals surface area (Å²) in [5.74, 6) is 0. The molecule has 0 rings (SSSR count). The van der Waals surface area contributed by atoms with E-state index in [1.165, 1.54) is 38.5 Å². The van der Waals surface area contributed by atoms with Crippen LogP contribution in [0.4, 0.5) is 9.59 Å². The van der Waals surface area contributed by atoms with Crippen molar-refractivity contribution in [3.8, 4) is 0 Å². The molecule has 0 aromatic carbocycles. The first-order valence-corrected chi connectivity index (χ1v) is 12.3. The van der Waals surface area contributed by atoms with E-state index in [2.05, 4.69) is 45.9 Å². The van der Waals surface area contributed by atoms with Crippen molar-refractivity contribution in [2.24, 2.45) is 0 Å². The van der Waals surface area contributed by atoms with E-state index in [9.17, 15) is 9.59 Å². The molecular weight excluding hydrogens is 408 g/mol. The predicted molar refractivity (Wildman–Crippen MR) is 129 cm³/mol. The maximum absolute atomic E-state index is 10.2. The Labute approximate surface area is 194 Å². The SMILES string of the molecule is O=C(O)OCCCCCCCCC=CCC=CCC=CCCCCCCCCOC(=O)O. The topological polar surface area (TPSA) is 93.1 Å². The second-order valence-corrected chi connectivity index (χ2v) is 7.93. The highest BCUT2D eigenvalue weighted by molar-refractivity contribution is 5.56. The van der Waals surface area contributed by atoms with Gasteiger partial charge in [-0.3, -0.25) is 0 Å². The standard InChI is InChI=1S/C26H44O6/c27-25(28)31-23-21-19-17-15-13-11-9-7-5-3-1-2-4-6-8-10-12-14-16-18-20-22-24-32-26(29)30/h1-2,5-8H,3-4,9-24H2,(H,27,28)(H,29,30). The fourth-order valence-corrected chi connectivity index (χ4v) is 3.24. The number of carbonyl (C=O) groups is 2. The highest BCUT2D eigenvalue weighted by atomic mass is 16.7. The fourth-order valence-electron chi connectivity index (χ4n) is 3.24. The van der Waals surface area contributed by atoms with Crippen molar-refractivity contribution < 1.29 is 29.3 Å². The van der Waals surface area contributed by atoms with Crippen LogP contribution >= 0.6 is 0 Å². The zero-order chi connectivity index (χ0) is 23.5. The van der Waals surface area contributed by atoms with Crippen LogP contribution in [0.3, 0.4) is 0 Å². The third-order valence-electron chi connectivity index (χ3n) is 5.03. The summed E-state index contributed by atoms with van der Waals surface area (Å²) in [7, 11) is 0. The van der Waals surface area contributed by atoms with Gasteiger partial charge in [0.1, 0.15) is 0 Å². The molecule has 184 valence electrons. The van der Waals surface area contributed by atoms with Crippen LogP contribution in [-0.4, -0.2) is 35.7 Å². The van der Waals surface area contributed by atoms with Crippen molar-refractivity contribution in [3.63, 3.8) is 0 Å². The third-order valence-corrected chi connectivity index (χ3v) is 5.03. The number of rotatable bonds is 22. The van der Waals surface area contributed by atoms with Crippen LogP contribution in [0.25, 0.3) is 0 Å². The Morgan fingerprint density at radius 1 is 0.469 bits per heavy atom. The molecule has 6 heteroatoms. The van der Waals surface area contributed by atoms with Gasteiger partial charge < -0.3 is 19.7 Å². The molecule has 0 aliphatic carbocycles. The monoisotopic (exact) mass is 452 g/mol. The average molecular weight is 453 g/mol. The second kappa shape index (κ2) is 25.0. The van der Waals surface area contributed by atoms with Crippen LogP contribution in [0, 0.1) is 0 Å². The molecule has 0 bridgehead atoms. The highest BCUT2D eigenvalue weighted by Gasteiger charge is 1.96. The molecule has 0 spiro atoms. The molecule has 2 N–H and O–H groups in total. The van der Waals surface area contributed by atoms with Gasteiger partial charge >= 0.3 is 12.3 Å². The molecule has 0 fully saturated rings. The van der Waals surface area contributed by atoms with Crippen molar-refractivity contribution in [3.05, 3.63) is 36.5 Å². The summed E-state index contributed by atoms with van der Waals surface area (Å²) in [6, 6.07) is 0. The number of hydrogen-bond acceptors (Lipinski definition) is 4. The van der Waals surface area contributed by atoms with E-state index >= 15 is 0 Å². The van der Waals surface area contributed by atoms with E-state index in [4.69, 9.17) is 10.2 Å². The van der Waals surface area contributed by atoms with Crippen molar-refractivity contribution in [2.75, 3.05) is 13.2 Å². The lowest BCUT2D eigenvalue weighted by Gasteiger charge is -2.01. The lowest BCUT2D eigenvalue weighted by atomic mass is 10.1. The zero-order valence-electron chi connectivity index (χ0n) is 19.7. The number of unbranched alkanes of at least 4 members (excludes halogenated alkanes) is 12. The van der Waals surface area contributed by atoms with Crippen molar-refractivity contribution in [2.45, 2.75) is 103 Å². The molecule has 0 saturated carbocycles. The molecule has 0 unspecified atom stereocenters. The minimum Gasteiger partial charge on any atom is -0.450 e. The minimum atomic E-state index is -1.18. The maximum Gasteiger partial charge on any atom is 0.505 e. The van der Waals surface area contributed by atoms with E-state index < -0.39 is 12.3 Å². The smallest absolute Gasteiger partial charge is 0.450 e. The summed E-state index contributed by atoms with van der Waals surface area (Å²) in [4.78, 5) is 20.4. The second-order valence-electron chi connectivity index (χ2n) is 7.93. The Morgan fingerprint density at radius 2 is 0.781 bits per heavy atom. The number of carboxylic acid groups (broad SMARTS) is 2. The Bertz CT molecular complexity index is 478. The van der Waals surface area contributed by atoms with E-state index in [1.807, 2.05) is 0 Å². The van der Waals surface area contributed by atoms with E-state index in [-0.39, 0.29) is 0 Å². The zero-order valence-corrected chi connectivity index (χ0v) is 19.7. The van der Waals surface area contributed by atoms with E-state index in [1.54, 1.807) is 0 Å². The summed E-state index contributed by atoms with van der Waals surface area (Å²) in [6.45, 7) is 0.635. The first-order valence-electron chi connectivity index (χ1n) is 12.3. The Hall–Kier alpha value is -2.24. The van der Waals surface area contributed by atoms with Crippen LogP contribution in [0.2, 0.25) is 0 Å². The van der Waals surface area contributed by atoms with Crippen LogP contribution < -0.4 is 0 Å². The first-order chi connectivity index (χ1) is 15.6. The lowest BCUT2D eigenvalue weighted by Crippen LogP contribution is -2.01. The van der Waals surface area contributed by atoms with Gasteiger partial charge in [0.2, 0.25) is 0 Å². The molecular formula is C26H44O6. The van der Waals surface area contributed by atoms with Crippen LogP contribution in [-0.2, 0) is 9.47 Å². The summed E-state index contributed by atoms with van der Waals surface area (Å²) in [6.07, 6.45) is 28.6. The highest BCUT2D eigenvalue weighted by Crippen LogP contribution is 2.09. The van der Waals surface area contributed by atoms with E-state index in [0.717, 1.165) is 64.2 Å². The molecule has 0 atom stereocenters. The van der Waals surface area contributed by atoms with Gasteiger partial charge in [0.25, 0.3) is 0 Å². The van der Waals surface area contributed by atoms with Crippen molar-refractivity contribution in [1.82, 2.24) is 0 Å². The van der Waals surface area contributed by atoms with Gasteiger partial charge in [-0.2, -0.15) is 0 Å². The lowest BCUT2D eigenvalue weighted by molar-refractivity contribution is 0.0887. The average Bonchev–Trinajstić information content (AvgIpc) is 2.75. The van der Waals surface area contributed by atoms with Crippen molar-refractivity contribution in [1.29, 1.82) is 0 Å². The fraction of sp³-hybridized carbons (Fsp3) is 0.692. The minimum absolute atomic E-state index is 0.318. The molecule has 0 aromatic rings. The molecule has 0 saturated heterocycles. The summed E-state index contributed by atoms with van der Waals surface area (Å²) in [5, 5.41) is 16.7. The summed E-state index contributed by atoms with van der Waals surface area (Å²) < 4.78 is 8.96. The van der Waals surface area contributed by atoms with Gasteiger partial charge in [-0.05, 0) is 51.4 Å². The van der Waals surface area contributed by atoms with Gasteiger partial charge in [-0.1, -0.05) is 87.8 Å². The maximum atomic E-state index is 10.2. The van der Waals surface area contributed by atoms with Gasteiger partial charge in [-0.15, -0.1) is 0 Å². The number of ether oxygens (including phenoxy) is 2. The van der Waals surface area contributed by atoms with Gasteiger partial charge in [0, 0.05) is 0 Å². The molecule has 0 heterocycles. The number of hydrogen-bond donors (Lipinski definition) is 2. The predicted octanol–water partition coefficient (Wildman–Crippen LogP) is 8.29.